The topological polar surface area (TPSA) is 75.9 Å². The van der Waals surface area contributed by atoms with Crippen LogP contribution in [0.15, 0.2) is 0 Å². The highest BCUT2D eigenvalue weighted by molar-refractivity contribution is 7.89. The molecule has 0 amide bonds. The van der Waals surface area contributed by atoms with Crippen LogP contribution in [0.5, 0.6) is 0 Å². The van der Waals surface area contributed by atoms with E-state index in [1.165, 1.54) is 0 Å². The molecule has 0 bridgehead atoms. The molecule has 8 heteroatoms. The fraction of sp³-hybridized carbons (Fsp3) is 0.917. The van der Waals surface area contributed by atoms with E-state index in [9.17, 15) is 8.42 Å². The van der Waals surface area contributed by atoms with Gasteiger partial charge in [0.1, 0.15) is 0 Å². The number of rotatable bonds is 4. The third kappa shape index (κ3) is 3.48. The maximum absolute atomic E-state index is 12.6. The number of nitrogens with zero attached hydrogens (tertiary/aromatic N) is 2. The number of hydrogen-bond acceptors (Lipinski definition) is 5. The van der Waals surface area contributed by atoms with Gasteiger partial charge in [0.2, 0.25) is 10.0 Å². The van der Waals surface area contributed by atoms with E-state index in [1.807, 2.05) is 6.92 Å². The molecule has 0 spiro atoms. The van der Waals surface area contributed by atoms with Crippen molar-refractivity contribution in [3.05, 3.63) is 0 Å². The summed E-state index contributed by atoms with van der Waals surface area (Å²) in [5, 5.41) is -0.282. The van der Waals surface area contributed by atoms with Crippen molar-refractivity contribution in [1.82, 2.24) is 9.21 Å². The summed E-state index contributed by atoms with van der Waals surface area (Å²) in [5.41, 5.74) is 5.65. The molecule has 2 heterocycles. The molecule has 6 nitrogen and oxygen atoms in total. The van der Waals surface area contributed by atoms with Crippen molar-refractivity contribution >= 4 is 27.2 Å². The number of piperazine rings is 1. The van der Waals surface area contributed by atoms with Gasteiger partial charge >= 0.3 is 0 Å². The van der Waals surface area contributed by atoms with E-state index < -0.39 is 10.0 Å². The smallest absolute Gasteiger partial charge is 0.217 e. The molecule has 2 aliphatic heterocycles. The van der Waals surface area contributed by atoms with Crippen LogP contribution in [0, 0.1) is 0 Å². The fourth-order valence-electron chi connectivity index (χ4n) is 2.71. The van der Waals surface area contributed by atoms with E-state index in [2.05, 4.69) is 4.90 Å². The first-order valence-corrected chi connectivity index (χ1v) is 8.94. The monoisotopic (exact) mass is 321 g/mol. The summed E-state index contributed by atoms with van der Waals surface area (Å²) in [5.74, 6) is 0. The Morgan fingerprint density at radius 3 is 2.30 bits per heavy atom. The van der Waals surface area contributed by atoms with Gasteiger partial charge in [-0.2, -0.15) is 4.31 Å². The zero-order valence-corrected chi connectivity index (χ0v) is 13.5. The number of sulfonamides is 1. The highest BCUT2D eigenvalue weighted by atomic mass is 32.2. The number of thiocarbonyl (C=S) groups is 1. The molecular weight excluding hydrogens is 298 g/mol. The Balaban J connectivity index is 1.94. The Bertz CT molecular complexity index is 441. The maximum Gasteiger partial charge on any atom is 0.217 e. The predicted octanol–water partition coefficient (Wildman–Crippen LogP) is -0.213. The van der Waals surface area contributed by atoms with E-state index in [0.29, 0.717) is 57.2 Å². The predicted molar refractivity (Wildman–Crippen MR) is 82.2 cm³/mol. The SMILES string of the molecule is CC(C(N)=S)N1CCN(S(=O)(=O)C2CCOCC2)CC1. The van der Waals surface area contributed by atoms with Gasteiger partial charge in [-0.05, 0) is 19.8 Å². The molecule has 0 aliphatic carbocycles. The lowest BCUT2D eigenvalue weighted by atomic mass is 10.2. The Kier molecular flexibility index (Phi) is 5.36. The average Bonchev–Trinajstić information content (AvgIpc) is 2.47. The molecular formula is C12H23N3O3S2. The van der Waals surface area contributed by atoms with Crippen LogP contribution in [-0.2, 0) is 14.8 Å². The standard InChI is InChI=1S/C12H23N3O3S2/c1-10(12(13)19)14-4-6-15(7-5-14)20(16,17)11-2-8-18-9-3-11/h10-11H,2-9H2,1H3,(H2,13,19). The van der Waals surface area contributed by atoms with Gasteiger partial charge in [0, 0.05) is 39.4 Å². The van der Waals surface area contributed by atoms with Crippen molar-refractivity contribution in [3.8, 4) is 0 Å². The minimum atomic E-state index is -3.19. The normalized spacial score (nSPS) is 25.4. The Hall–Kier alpha value is -0.280. The molecule has 2 N–H and O–H groups in total. The quantitative estimate of drug-likeness (QED) is 0.722. The maximum atomic E-state index is 12.6. The fourth-order valence-corrected chi connectivity index (χ4v) is 4.74. The molecule has 116 valence electrons. The van der Waals surface area contributed by atoms with Gasteiger partial charge in [-0.25, -0.2) is 8.42 Å². The van der Waals surface area contributed by atoms with Crippen molar-refractivity contribution < 1.29 is 13.2 Å². The van der Waals surface area contributed by atoms with E-state index >= 15 is 0 Å². The molecule has 2 aliphatic rings. The molecule has 20 heavy (non-hydrogen) atoms. The van der Waals surface area contributed by atoms with E-state index in [4.69, 9.17) is 22.7 Å². The van der Waals surface area contributed by atoms with Gasteiger partial charge in [-0.15, -0.1) is 0 Å². The largest absolute Gasteiger partial charge is 0.392 e. The summed E-state index contributed by atoms with van der Waals surface area (Å²) in [6.45, 7) is 5.46. The average molecular weight is 321 g/mol. The first kappa shape index (κ1) is 16.1. The van der Waals surface area contributed by atoms with E-state index in [-0.39, 0.29) is 11.3 Å². The van der Waals surface area contributed by atoms with Gasteiger partial charge in [0.15, 0.2) is 0 Å². The number of hydrogen-bond donors (Lipinski definition) is 1. The van der Waals surface area contributed by atoms with Crippen LogP contribution in [0.25, 0.3) is 0 Å². The molecule has 0 saturated carbocycles. The minimum absolute atomic E-state index is 0.0259. The van der Waals surface area contributed by atoms with Crippen molar-refractivity contribution in [2.75, 3.05) is 39.4 Å². The summed E-state index contributed by atoms with van der Waals surface area (Å²) in [6, 6.07) is 0.0259. The summed E-state index contributed by atoms with van der Waals surface area (Å²) in [6.07, 6.45) is 1.21. The lowest BCUT2D eigenvalue weighted by Gasteiger charge is -2.38. The minimum Gasteiger partial charge on any atom is -0.392 e. The lowest BCUT2D eigenvalue weighted by molar-refractivity contribution is 0.0961. The molecule has 0 radical (unpaired) electrons. The molecule has 1 atom stereocenters. The van der Waals surface area contributed by atoms with Crippen molar-refractivity contribution in [2.45, 2.75) is 31.1 Å². The van der Waals surface area contributed by atoms with Gasteiger partial charge in [-0.1, -0.05) is 12.2 Å². The van der Waals surface area contributed by atoms with Gasteiger partial charge in [0.05, 0.1) is 16.3 Å². The van der Waals surface area contributed by atoms with Crippen LogP contribution in [-0.4, -0.2) is 73.3 Å². The Labute approximate surface area is 126 Å². The van der Waals surface area contributed by atoms with Crippen LogP contribution < -0.4 is 5.73 Å². The van der Waals surface area contributed by atoms with Gasteiger partial charge in [-0.3, -0.25) is 4.90 Å². The third-order valence-electron chi connectivity index (χ3n) is 4.18. The van der Waals surface area contributed by atoms with Gasteiger partial charge in [0.25, 0.3) is 0 Å². The van der Waals surface area contributed by atoms with Crippen LogP contribution >= 0.6 is 12.2 Å². The Morgan fingerprint density at radius 1 is 1.25 bits per heavy atom. The molecule has 0 aromatic carbocycles. The summed E-state index contributed by atoms with van der Waals surface area (Å²) in [4.78, 5) is 2.60. The van der Waals surface area contributed by atoms with E-state index in [0.717, 1.165) is 0 Å². The first-order chi connectivity index (χ1) is 9.43. The molecule has 1 unspecified atom stereocenters. The lowest BCUT2D eigenvalue weighted by Crippen LogP contribution is -2.55. The molecule has 2 rings (SSSR count). The number of nitrogens with two attached hydrogens (primary N) is 1. The summed E-state index contributed by atoms with van der Waals surface area (Å²) < 4.78 is 32.0. The molecule has 2 fully saturated rings. The van der Waals surface area contributed by atoms with Crippen LogP contribution in [0.1, 0.15) is 19.8 Å². The van der Waals surface area contributed by atoms with Crippen molar-refractivity contribution in [3.63, 3.8) is 0 Å². The Morgan fingerprint density at radius 2 is 1.80 bits per heavy atom. The first-order valence-electron chi connectivity index (χ1n) is 7.03. The van der Waals surface area contributed by atoms with Crippen LogP contribution in [0.4, 0.5) is 0 Å². The van der Waals surface area contributed by atoms with Crippen LogP contribution in [0.3, 0.4) is 0 Å². The molecule has 0 aromatic heterocycles. The zero-order valence-electron chi connectivity index (χ0n) is 11.8. The van der Waals surface area contributed by atoms with Crippen molar-refractivity contribution in [2.24, 2.45) is 5.73 Å². The van der Waals surface area contributed by atoms with Gasteiger partial charge < -0.3 is 10.5 Å². The van der Waals surface area contributed by atoms with Crippen LogP contribution in [0.2, 0.25) is 0 Å². The highest BCUT2D eigenvalue weighted by Gasteiger charge is 2.35. The van der Waals surface area contributed by atoms with E-state index in [1.54, 1.807) is 4.31 Å². The highest BCUT2D eigenvalue weighted by Crippen LogP contribution is 2.21. The number of ether oxygens (including phenoxy) is 1. The summed E-state index contributed by atoms with van der Waals surface area (Å²) >= 11 is 4.99. The van der Waals surface area contributed by atoms with Crippen molar-refractivity contribution in [1.29, 1.82) is 0 Å². The third-order valence-corrected chi connectivity index (χ3v) is 6.92. The molecule has 0 aromatic rings. The zero-order chi connectivity index (χ0) is 14.8. The summed E-state index contributed by atoms with van der Waals surface area (Å²) in [7, 11) is -3.19. The molecule has 2 saturated heterocycles. The second kappa shape index (κ2) is 6.65. The second-order valence-electron chi connectivity index (χ2n) is 5.37. The second-order valence-corrected chi connectivity index (χ2v) is 8.05.